The fourth-order valence-electron chi connectivity index (χ4n) is 3.41. The number of furan rings is 1. The van der Waals surface area contributed by atoms with E-state index in [0.717, 1.165) is 10.5 Å². The Morgan fingerprint density at radius 3 is 2.50 bits per heavy atom. The normalized spacial score (nSPS) is 15.2. The Balaban J connectivity index is 1.67. The van der Waals surface area contributed by atoms with Crippen LogP contribution in [0.3, 0.4) is 0 Å². The van der Waals surface area contributed by atoms with Crippen LogP contribution >= 0.6 is 0 Å². The van der Waals surface area contributed by atoms with Gasteiger partial charge < -0.3 is 4.42 Å². The van der Waals surface area contributed by atoms with Crippen molar-refractivity contribution in [3.63, 3.8) is 0 Å². The van der Waals surface area contributed by atoms with Gasteiger partial charge in [-0.25, -0.2) is 9.69 Å². The molecule has 0 unspecified atom stereocenters. The highest BCUT2D eigenvalue weighted by Gasteiger charge is 2.37. The number of nitro groups is 1. The van der Waals surface area contributed by atoms with Crippen LogP contribution in [0.25, 0.3) is 17.4 Å². The Morgan fingerprint density at radius 1 is 1.03 bits per heavy atom. The number of rotatable bonds is 4. The van der Waals surface area contributed by atoms with E-state index in [1.54, 1.807) is 43.3 Å². The van der Waals surface area contributed by atoms with Gasteiger partial charge in [-0.3, -0.25) is 25.0 Å². The van der Waals surface area contributed by atoms with Crippen LogP contribution in [0, 0.1) is 24.0 Å². The number of barbiturate groups is 1. The molecule has 9 nitrogen and oxygen atoms in total. The van der Waals surface area contributed by atoms with E-state index in [4.69, 9.17) is 4.42 Å². The van der Waals surface area contributed by atoms with E-state index in [9.17, 15) is 24.5 Å². The van der Waals surface area contributed by atoms with Crippen molar-refractivity contribution in [3.05, 3.63) is 87.2 Å². The summed E-state index contributed by atoms with van der Waals surface area (Å²) in [7, 11) is 0. The Labute approximate surface area is 182 Å². The van der Waals surface area contributed by atoms with Gasteiger partial charge in [-0.05, 0) is 61.4 Å². The second kappa shape index (κ2) is 7.95. The Hall–Kier alpha value is -4.53. The summed E-state index contributed by atoms with van der Waals surface area (Å²) in [6.45, 7) is 3.54. The quantitative estimate of drug-likeness (QED) is 0.287. The average molecular weight is 431 g/mol. The highest BCUT2D eigenvalue weighted by Crippen LogP contribution is 2.30. The fraction of sp³-hybridized carbons (Fsp3) is 0.0870. The van der Waals surface area contributed by atoms with Gasteiger partial charge in [0.1, 0.15) is 17.1 Å². The smallest absolute Gasteiger partial charge is 0.335 e. The number of urea groups is 1. The van der Waals surface area contributed by atoms with Gasteiger partial charge in [0.15, 0.2) is 0 Å². The predicted molar refractivity (Wildman–Crippen MR) is 116 cm³/mol. The minimum absolute atomic E-state index is 0.0365. The molecule has 0 radical (unpaired) electrons. The average Bonchev–Trinajstić information content (AvgIpc) is 3.19. The summed E-state index contributed by atoms with van der Waals surface area (Å²) in [5.41, 5.74) is 2.16. The number of hydrogen-bond donors (Lipinski definition) is 1. The van der Waals surface area contributed by atoms with E-state index < -0.39 is 22.8 Å². The first-order chi connectivity index (χ1) is 15.2. The number of imide groups is 2. The number of carbonyl (C=O) groups excluding carboxylic acids is 3. The summed E-state index contributed by atoms with van der Waals surface area (Å²) in [5.74, 6) is -0.962. The number of aryl methyl sites for hydroxylation is 2. The molecular formula is C23H17N3O6. The van der Waals surface area contributed by atoms with Crippen LogP contribution in [-0.2, 0) is 9.59 Å². The molecule has 0 saturated carbocycles. The van der Waals surface area contributed by atoms with Crippen LogP contribution in [-0.4, -0.2) is 22.8 Å². The first-order valence-corrected chi connectivity index (χ1v) is 9.58. The van der Waals surface area contributed by atoms with E-state index in [2.05, 4.69) is 5.32 Å². The third-order valence-corrected chi connectivity index (χ3v) is 4.96. The highest BCUT2D eigenvalue weighted by atomic mass is 16.6. The van der Waals surface area contributed by atoms with Gasteiger partial charge in [0.25, 0.3) is 17.5 Å². The largest absolute Gasteiger partial charge is 0.457 e. The maximum Gasteiger partial charge on any atom is 0.335 e. The van der Waals surface area contributed by atoms with Gasteiger partial charge in [0, 0.05) is 17.7 Å². The number of nitrogens with zero attached hydrogens (tertiary/aromatic N) is 2. The van der Waals surface area contributed by atoms with Crippen molar-refractivity contribution in [1.29, 1.82) is 0 Å². The molecule has 32 heavy (non-hydrogen) atoms. The van der Waals surface area contributed by atoms with Crippen molar-refractivity contribution in [1.82, 2.24) is 5.32 Å². The van der Waals surface area contributed by atoms with Gasteiger partial charge in [0.05, 0.1) is 10.6 Å². The van der Waals surface area contributed by atoms with Crippen molar-refractivity contribution in [2.24, 2.45) is 0 Å². The SMILES string of the molecule is Cc1cccc(N2C(=O)NC(=O)/C(=C\c3ccc(-c4ccc([N+](=O)[O-])cc4C)o3)C2=O)c1. The van der Waals surface area contributed by atoms with E-state index in [1.807, 2.05) is 13.0 Å². The molecule has 0 spiro atoms. The minimum atomic E-state index is -0.829. The molecule has 9 heteroatoms. The topological polar surface area (TPSA) is 123 Å². The van der Waals surface area contributed by atoms with Crippen molar-refractivity contribution in [2.45, 2.75) is 13.8 Å². The molecule has 1 aromatic heterocycles. The monoisotopic (exact) mass is 431 g/mol. The van der Waals surface area contributed by atoms with Gasteiger partial charge in [-0.2, -0.15) is 0 Å². The number of benzene rings is 2. The van der Waals surface area contributed by atoms with Crippen molar-refractivity contribution in [3.8, 4) is 11.3 Å². The zero-order chi connectivity index (χ0) is 23.0. The third-order valence-electron chi connectivity index (χ3n) is 4.96. The van der Waals surface area contributed by atoms with E-state index in [0.29, 0.717) is 22.6 Å². The lowest BCUT2D eigenvalue weighted by atomic mass is 10.1. The van der Waals surface area contributed by atoms with Gasteiger partial charge in [0.2, 0.25) is 0 Å². The summed E-state index contributed by atoms with van der Waals surface area (Å²) >= 11 is 0. The number of hydrogen-bond acceptors (Lipinski definition) is 6. The fourth-order valence-corrected chi connectivity index (χ4v) is 3.41. The number of anilines is 1. The predicted octanol–water partition coefficient (Wildman–Crippen LogP) is 4.14. The molecule has 1 aliphatic heterocycles. The van der Waals surface area contributed by atoms with Gasteiger partial charge in [-0.15, -0.1) is 0 Å². The Bertz CT molecular complexity index is 1320. The van der Waals surface area contributed by atoms with Crippen LogP contribution in [0.5, 0.6) is 0 Å². The molecule has 0 aliphatic carbocycles. The summed E-state index contributed by atoms with van der Waals surface area (Å²) < 4.78 is 5.76. The minimum Gasteiger partial charge on any atom is -0.457 e. The Morgan fingerprint density at radius 2 is 1.81 bits per heavy atom. The van der Waals surface area contributed by atoms with Crippen molar-refractivity contribution in [2.75, 3.05) is 4.90 Å². The second-order valence-corrected chi connectivity index (χ2v) is 7.26. The van der Waals surface area contributed by atoms with E-state index >= 15 is 0 Å². The van der Waals surface area contributed by atoms with Crippen LogP contribution in [0.4, 0.5) is 16.2 Å². The molecule has 1 saturated heterocycles. The Kier molecular flexibility index (Phi) is 5.15. The van der Waals surface area contributed by atoms with Crippen molar-refractivity contribution < 1.29 is 23.7 Å². The molecule has 1 fully saturated rings. The molecule has 0 atom stereocenters. The summed E-state index contributed by atoms with van der Waals surface area (Å²) in [5, 5.41) is 13.1. The summed E-state index contributed by atoms with van der Waals surface area (Å²) in [6, 6.07) is 13.5. The molecule has 3 aromatic rings. The van der Waals surface area contributed by atoms with E-state index in [1.165, 1.54) is 18.2 Å². The first kappa shape index (κ1) is 20.7. The zero-order valence-corrected chi connectivity index (χ0v) is 17.1. The molecule has 160 valence electrons. The molecule has 1 aliphatic rings. The molecule has 0 bridgehead atoms. The maximum absolute atomic E-state index is 13.0. The standard InChI is InChI=1S/C23H17N3O6/c1-13-4-3-5-15(10-13)25-22(28)19(21(27)24-23(25)29)12-17-7-9-20(32-17)18-8-6-16(26(30)31)11-14(18)2/h3-12H,1-2H3,(H,24,27,29)/b19-12+. The van der Waals surface area contributed by atoms with Crippen LogP contribution in [0.2, 0.25) is 0 Å². The second-order valence-electron chi connectivity index (χ2n) is 7.26. The lowest BCUT2D eigenvalue weighted by Gasteiger charge is -2.26. The lowest BCUT2D eigenvalue weighted by molar-refractivity contribution is -0.384. The molecule has 4 amide bonds. The zero-order valence-electron chi connectivity index (χ0n) is 17.1. The number of carbonyl (C=O) groups is 3. The molecule has 4 rings (SSSR count). The van der Waals surface area contributed by atoms with Gasteiger partial charge >= 0.3 is 6.03 Å². The number of non-ortho nitro benzene ring substituents is 1. The maximum atomic E-state index is 13.0. The van der Waals surface area contributed by atoms with Gasteiger partial charge in [-0.1, -0.05) is 12.1 Å². The number of amides is 4. The number of nitro benzene ring substituents is 1. The molecule has 2 aromatic carbocycles. The van der Waals surface area contributed by atoms with Crippen LogP contribution in [0.1, 0.15) is 16.9 Å². The van der Waals surface area contributed by atoms with Crippen LogP contribution in [0.15, 0.2) is 64.6 Å². The van der Waals surface area contributed by atoms with Crippen molar-refractivity contribution >= 4 is 35.3 Å². The highest BCUT2D eigenvalue weighted by molar-refractivity contribution is 6.39. The van der Waals surface area contributed by atoms with Crippen LogP contribution < -0.4 is 10.2 Å². The number of nitrogens with one attached hydrogen (secondary N) is 1. The molecule has 2 heterocycles. The first-order valence-electron chi connectivity index (χ1n) is 9.58. The van der Waals surface area contributed by atoms with E-state index in [-0.39, 0.29) is 17.0 Å². The summed E-state index contributed by atoms with van der Waals surface area (Å²) in [6.07, 6.45) is 1.26. The molecular weight excluding hydrogens is 414 g/mol. The summed E-state index contributed by atoms with van der Waals surface area (Å²) in [4.78, 5) is 49.0. The molecule has 1 N–H and O–H groups in total. The lowest BCUT2D eigenvalue weighted by Crippen LogP contribution is -2.54. The third kappa shape index (κ3) is 3.79.